The highest BCUT2D eigenvalue weighted by Gasteiger charge is 2.23. The fourth-order valence-corrected chi connectivity index (χ4v) is 4.58. The first-order chi connectivity index (χ1) is 16.3. The van der Waals surface area contributed by atoms with Gasteiger partial charge in [0.05, 0.1) is 26.1 Å². The first kappa shape index (κ1) is 27.5. The molecule has 4 unspecified atom stereocenters. The molecule has 0 radical (unpaired) electrons. The maximum atomic E-state index is 11.9. The minimum Gasteiger partial charge on any atom is -0.469 e. The van der Waals surface area contributed by atoms with Crippen molar-refractivity contribution in [2.75, 3.05) is 14.2 Å². The molecule has 0 bridgehead atoms. The van der Waals surface area contributed by atoms with Crippen molar-refractivity contribution < 1.29 is 28.2 Å². The number of ether oxygens (including phenoxy) is 2. The highest BCUT2D eigenvalue weighted by molar-refractivity contribution is 5.72. The molecule has 0 fully saturated rings. The first-order valence-electron chi connectivity index (χ1n) is 12.4. The average molecular weight is 471 g/mol. The Hall–Kier alpha value is -2.76. The molecule has 0 amide bonds. The van der Waals surface area contributed by atoms with E-state index in [1.54, 1.807) is 0 Å². The molecule has 6 nitrogen and oxygen atoms in total. The molecule has 0 aliphatic heterocycles. The Morgan fingerprint density at radius 3 is 1.29 bits per heavy atom. The van der Waals surface area contributed by atoms with Crippen molar-refractivity contribution in [1.82, 2.24) is 0 Å². The molecule has 0 saturated heterocycles. The topological polar surface area (TPSA) is 60.4 Å². The third-order valence-electron chi connectivity index (χ3n) is 6.59. The lowest BCUT2D eigenvalue weighted by molar-refractivity contribution is -0.703. The maximum absolute atomic E-state index is 11.9. The van der Waals surface area contributed by atoms with Crippen LogP contribution in [0.2, 0.25) is 0 Å². The van der Waals surface area contributed by atoms with Gasteiger partial charge in [0.2, 0.25) is 0 Å². The van der Waals surface area contributed by atoms with Gasteiger partial charge in [-0.3, -0.25) is 9.59 Å². The van der Waals surface area contributed by atoms with Gasteiger partial charge in [-0.2, -0.15) is 0 Å². The number of hydrogen-bond donors (Lipinski definition) is 0. The molecular formula is C28H42N2O4+2. The fraction of sp³-hybridized carbons (Fsp3) is 0.571. The Labute approximate surface area is 204 Å². The van der Waals surface area contributed by atoms with Crippen LogP contribution in [-0.4, -0.2) is 26.2 Å². The van der Waals surface area contributed by atoms with Gasteiger partial charge in [-0.1, -0.05) is 27.7 Å². The molecule has 0 spiro atoms. The molecular weight excluding hydrogens is 428 g/mol. The predicted octanol–water partition coefficient (Wildman–Crippen LogP) is 4.38. The Balaban J connectivity index is 1.93. The number of rotatable bonds is 13. The molecule has 0 saturated carbocycles. The van der Waals surface area contributed by atoms with Crippen molar-refractivity contribution in [2.24, 2.45) is 23.7 Å². The van der Waals surface area contributed by atoms with Gasteiger partial charge in [0.25, 0.3) is 0 Å². The summed E-state index contributed by atoms with van der Waals surface area (Å²) in [6.07, 6.45) is 11.7. The Kier molecular flexibility index (Phi) is 11.2. The zero-order valence-corrected chi connectivity index (χ0v) is 21.7. The molecule has 2 rings (SSSR count). The van der Waals surface area contributed by atoms with E-state index in [9.17, 15) is 9.59 Å². The molecule has 0 aliphatic rings. The quantitative estimate of drug-likeness (QED) is 0.322. The standard InChI is InChI=1S/C28H42N2O4/c1-7-23(27(31)33-5)17-21(3)19-29-13-9-25(10-14-29)26-11-15-30(16-12-26)20-22(4)18-24(8-2)28(32)34-6/h9-16,21-24H,7-8,17-20H2,1-6H3/q+2. The van der Waals surface area contributed by atoms with Crippen molar-refractivity contribution in [3.8, 4) is 11.1 Å². The molecule has 2 aromatic heterocycles. The number of pyridine rings is 2. The zero-order valence-electron chi connectivity index (χ0n) is 21.7. The van der Waals surface area contributed by atoms with Crippen LogP contribution in [0.3, 0.4) is 0 Å². The summed E-state index contributed by atoms with van der Waals surface area (Å²) in [5, 5.41) is 0. The number of hydrogen-bond acceptors (Lipinski definition) is 4. The number of carbonyl (C=O) groups excluding carboxylic acids is 2. The van der Waals surface area contributed by atoms with Crippen LogP contribution in [-0.2, 0) is 32.2 Å². The van der Waals surface area contributed by atoms with Gasteiger partial charge in [-0.25, -0.2) is 9.13 Å². The number of aromatic nitrogens is 2. The van der Waals surface area contributed by atoms with E-state index in [0.717, 1.165) is 38.8 Å². The van der Waals surface area contributed by atoms with Gasteiger partial charge in [-0.05, 0) is 36.8 Å². The van der Waals surface area contributed by atoms with E-state index in [0.29, 0.717) is 11.8 Å². The van der Waals surface area contributed by atoms with Crippen LogP contribution < -0.4 is 9.13 Å². The largest absolute Gasteiger partial charge is 0.469 e. The summed E-state index contributed by atoms with van der Waals surface area (Å²) in [6.45, 7) is 10.2. The Morgan fingerprint density at radius 1 is 0.706 bits per heavy atom. The van der Waals surface area contributed by atoms with E-state index in [1.807, 2.05) is 13.8 Å². The van der Waals surface area contributed by atoms with Crippen LogP contribution in [0.1, 0.15) is 53.4 Å². The molecule has 34 heavy (non-hydrogen) atoms. The van der Waals surface area contributed by atoms with Gasteiger partial charge in [0.1, 0.15) is 0 Å². The second-order valence-electron chi connectivity index (χ2n) is 9.51. The normalized spacial score (nSPS) is 14.6. The molecule has 2 aromatic rings. The van der Waals surface area contributed by atoms with E-state index in [-0.39, 0.29) is 23.8 Å². The molecule has 0 aromatic carbocycles. The van der Waals surface area contributed by atoms with Crippen molar-refractivity contribution in [3.63, 3.8) is 0 Å². The van der Waals surface area contributed by atoms with Gasteiger partial charge < -0.3 is 9.47 Å². The van der Waals surface area contributed by atoms with Crippen molar-refractivity contribution in [2.45, 2.75) is 66.5 Å². The molecule has 6 heteroatoms. The number of carbonyl (C=O) groups is 2. The minimum absolute atomic E-state index is 0.0352. The lowest BCUT2D eigenvalue weighted by atomic mass is 9.93. The summed E-state index contributed by atoms with van der Waals surface area (Å²) in [7, 11) is 2.92. The molecule has 2 heterocycles. The summed E-state index contributed by atoms with van der Waals surface area (Å²) >= 11 is 0. The van der Waals surface area contributed by atoms with E-state index >= 15 is 0 Å². The van der Waals surface area contributed by atoms with E-state index in [2.05, 4.69) is 72.0 Å². The summed E-state index contributed by atoms with van der Waals surface area (Å²) in [6, 6.07) is 8.54. The smallest absolute Gasteiger partial charge is 0.308 e. The van der Waals surface area contributed by atoms with Crippen molar-refractivity contribution in [1.29, 1.82) is 0 Å². The average Bonchev–Trinajstić information content (AvgIpc) is 2.85. The SMILES string of the molecule is CCC(CC(C)C[n+]1ccc(-c2cc[n+](CC(C)CC(CC)C(=O)OC)cc2)cc1)C(=O)OC. The highest BCUT2D eigenvalue weighted by atomic mass is 16.5. The molecule has 0 aliphatic carbocycles. The van der Waals surface area contributed by atoms with Crippen LogP contribution in [0.4, 0.5) is 0 Å². The van der Waals surface area contributed by atoms with E-state index < -0.39 is 0 Å². The van der Waals surface area contributed by atoms with Crippen molar-refractivity contribution in [3.05, 3.63) is 49.1 Å². The number of methoxy groups -OCH3 is 2. The lowest BCUT2D eigenvalue weighted by Crippen LogP contribution is -2.37. The predicted molar refractivity (Wildman–Crippen MR) is 131 cm³/mol. The third kappa shape index (κ3) is 8.23. The second kappa shape index (κ2) is 13.8. The lowest BCUT2D eigenvalue weighted by Gasteiger charge is -2.16. The van der Waals surface area contributed by atoms with Gasteiger partial charge >= 0.3 is 11.9 Å². The van der Waals surface area contributed by atoms with Gasteiger partial charge in [-0.15, -0.1) is 0 Å². The van der Waals surface area contributed by atoms with Crippen LogP contribution in [0.15, 0.2) is 49.1 Å². The first-order valence-corrected chi connectivity index (χ1v) is 12.4. The Morgan fingerprint density at radius 2 is 1.03 bits per heavy atom. The number of esters is 2. The summed E-state index contributed by atoms with van der Waals surface area (Å²) in [5.74, 6) is 0.463. The minimum atomic E-state index is -0.112. The monoisotopic (exact) mass is 470 g/mol. The van der Waals surface area contributed by atoms with Crippen LogP contribution in [0.5, 0.6) is 0 Å². The second-order valence-corrected chi connectivity index (χ2v) is 9.51. The Bertz CT molecular complexity index is 820. The van der Waals surface area contributed by atoms with Crippen LogP contribution in [0.25, 0.3) is 11.1 Å². The summed E-state index contributed by atoms with van der Waals surface area (Å²) < 4.78 is 14.2. The van der Waals surface area contributed by atoms with E-state index in [1.165, 1.54) is 25.3 Å². The molecule has 186 valence electrons. The van der Waals surface area contributed by atoms with Crippen LogP contribution >= 0.6 is 0 Å². The van der Waals surface area contributed by atoms with Gasteiger partial charge in [0.15, 0.2) is 37.9 Å². The zero-order chi connectivity index (χ0) is 25.1. The summed E-state index contributed by atoms with van der Waals surface area (Å²) in [4.78, 5) is 23.7. The van der Waals surface area contributed by atoms with Crippen molar-refractivity contribution >= 4 is 11.9 Å². The summed E-state index contributed by atoms with van der Waals surface area (Å²) in [5.41, 5.74) is 2.34. The number of nitrogens with zero attached hydrogens (tertiary/aromatic N) is 2. The van der Waals surface area contributed by atoms with E-state index in [4.69, 9.17) is 9.47 Å². The highest BCUT2D eigenvalue weighted by Crippen LogP contribution is 2.20. The van der Waals surface area contributed by atoms with Crippen LogP contribution in [0, 0.1) is 23.7 Å². The maximum Gasteiger partial charge on any atom is 0.308 e. The third-order valence-corrected chi connectivity index (χ3v) is 6.59. The molecule has 4 atom stereocenters. The van der Waals surface area contributed by atoms with Gasteiger partial charge in [0, 0.05) is 36.1 Å². The fourth-order valence-electron chi connectivity index (χ4n) is 4.58. The molecule has 0 N–H and O–H groups in total.